The fourth-order valence-electron chi connectivity index (χ4n) is 1.79. The SMILES string of the molecule is CCCNC(=NCC(=O)N(C)C)NC1CCS(=O)(=O)C1. The molecule has 1 heterocycles. The highest BCUT2D eigenvalue weighted by Crippen LogP contribution is 2.10. The van der Waals surface area contributed by atoms with Gasteiger partial charge in [0.2, 0.25) is 5.91 Å². The van der Waals surface area contributed by atoms with Crippen molar-refractivity contribution in [1.29, 1.82) is 0 Å². The van der Waals surface area contributed by atoms with Crippen molar-refractivity contribution in [3.63, 3.8) is 0 Å². The molecule has 0 bridgehead atoms. The van der Waals surface area contributed by atoms with Gasteiger partial charge in [-0.15, -0.1) is 0 Å². The van der Waals surface area contributed by atoms with E-state index in [9.17, 15) is 13.2 Å². The molecule has 7 nitrogen and oxygen atoms in total. The maximum Gasteiger partial charge on any atom is 0.243 e. The summed E-state index contributed by atoms with van der Waals surface area (Å²) in [6.07, 6.45) is 1.50. The van der Waals surface area contributed by atoms with Crippen LogP contribution in [-0.2, 0) is 14.6 Å². The minimum atomic E-state index is -2.93. The van der Waals surface area contributed by atoms with E-state index in [1.807, 2.05) is 6.92 Å². The predicted octanol–water partition coefficient (Wildman–Crippen LogP) is -0.793. The summed E-state index contributed by atoms with van der Waals surface area (Å²) in [7, 11) is 0.422. The third kappa shape index (κ3) is 5.77. The molecule has 1 aliphatic rings. The molecular weight excluding hydrogens is 280 g/mol. The Hall–Kier alpha value is -1.31. The van der Waals surface area contributed by atoms with E-state index in [1.165, 1.54) is 4.90 Å². The van der Waals surface area contributed by atoms with Crippen LogP contribution in [0, 0.1) is 0 Å². The molecule has 1 saturated heterocycles. The molecular formula is C12H24N4O3S. The largest absolute Gasteiger partial charge is 0.356 e. The predicted molar refractivity (Wildman–Crippen MR) is 79.5 cm³/mol. The number of guanidine groups is 1. The van der Waals surface area contributed by atoms with E-state index < -0.39 is 9.84 Å². The third-order valence-electron chi connectivity index (χ3n) is 2.99. The summed E-state index contributed by atoms with van der Waals surface area (Å²) in [5, 5.41) is 6.18. The van der Waals surface area contributed by atoms with E-state index >= 15 is 0 Å². The van der Waals surface area contributed by atoms with Crippen LogP contribution in [0.2, 0.25) is 0 Å². The maximum absolute atomic E-state index is 11.5. The highest BCUT2D eigenvalue weighted by molar-refractivity contribution is 7.91. The fourth-order valence-corrected chi connectivity index (χ4v) is 3.46. The lowest BCUT2D eigenvalue weighted by molar-refractivity contribution is -0.127. The Bertz CT molecular complexity index is 459. The second kappa shape index (κ2) is 7.47. The number of hydrogen-bond acceptors (Lipinski definition) is 4. The third-order valence-corrected chi connectivity index (χ3v) is 4.75. The smallest absolute Gasteiger partial charge is 0.243 e. The Balaban J connectivity index is 2.60. The highest BCUT2D eigenvalue weighted by Gasteiger charge is 2.28. The Labute approximate surface area is 120 Å². The molecule has 1 rings (SSSR count). The first kappa shape index (κ1) is 16.7. The lowest BCUT2D eigenvalue weighted by Gasteiger charge is -2.16. The average molecular weight is 304 g/mol. The zero-order chi connectivity index (χ0) is 15.2. The normalized spacial score (nSPS) is 21.6. The summed E-state index contributed by atoms with van der Waals surface area (Å²) in [4.78, 5) is 17.2. The number of amides is 1. The van der Waals surface area contributed by atoms with E-state index in [2.05, 4.69) is 15.6 Å². The lowest BCUT2D eigenvalue weighted by Crippen LogP contribution is -2.44. The number of hydrogen-bond donors (Lipinski definition) is 2. The molecule has 0 saturated carbocycles. The number of carbonyl (C=O) groups excluding carboxylic acids is 1. The molecule has 116 valence electrons. The first-order valence-electron chi connectivity index (χ1n) is 6.79. The molecule has 0 aromatic heterocycles. The van der Waals surface area contributed by atoms with Crippen LogP contribution in [0.1, 0.15) is 19.8 Å². The fraction of sp³-hybridized carbons (Fsp3) is 0.833. The molecule has 0 aromatic rings. The van der Waals surface area contributed by atoms with Gasteiger partial charge in [0, 0.05) is 26.7 Å². The molecule has 1 amide bonds. The number of nitrogens with one attached hydrogen (secondary N) is 2. The van der Waals surface area contributed by atoms with Crippen molar-refractivity contribution < 1.29 is 13.2 Å². The van der Waals surface area contributed by atoms with E-state index in [-0.39, 0.29) is 30.0 Å². The quantitative estimate of drug-likeness (QED) is 0.513. The lowest BCUT2D eigenvalue weighted by atomic mass is 10.3. The van der Waals surface area contributed by atoms with Crippen molar-refractivity contribution in [3.05, 3.63) is 0 Å². The van der Waals surface area contributed by atoms with Gasteiger partial charge in [-0.3, -0.25) is 4.79 Å². The summed E-state index contributed by atoms with van der Waals surface area (Å²) in [5.41, 5.74) is 0. The number of likely N-dealkylation sites (N-methyl/N-ethyl adjacent to an activating group) is 1. The van der Waals surface area contributed by atoms with E-state index in [1.54, 1.807) is 14.1 Å². The van der Waals surface area contributed by atoms with Crippen LogP contribution in [0.25, 0.3) is 0 Å². The molecule has 1 atom stereocenters. The zero-order valence-electron chi connectivity index (χ0n) is 12.3. The van der Waals surface area contributed by atoms with Crippen molar-refractivity contribution in [2.24, 2.45) is 4.99 Å². The number of rotatable bonds is 5. The van der Waals surface area contributed by atoms with Crippen LogP contribution in [0.3, 0.4) is 0 Å². The molecule has 8 heteroatoms. The summed E-state index contributed by atoms with van der Waals surface area (Å²) in [6, 6.07) is -0.127. The van der Waals surface area contributed by atoms with Crippen LogP contribution in [0.4, 0.5) is 0 Å². The Morgan fingerprint density at radius 2 is 2.10 bits per heavy atom. The van der Waals surface area contributed by atoms with Gasteiger partial charge in [0.05, 0.1) is 11.5 Å². The van der Waals surface area contributed by atoms with Crippen molar-refractivity contribution in [3.8, 4) is 0 Å². The molecule has 1 unspecified atom stereocenters. The monoisotopic (exact) mass is 304 g/mol. The average Bonchev–Trinajstić information content (AvgIpc) is 2.71. The van der Waals surface area contributed by atoms with Crippen molar-refractivity contribution in [2.75, 3.05) is 38.7 Å². The van der Waals surface area contributed by atoms with Gasteiger partial charge >= 0.3 is 0 Å². The van der Waals surface area contributed by atoms with Crippen LogP contribution < -0.4 is 10.6 Å². The van der Waals surface area contributed by atoms with Gasteiger partial charge in [-0.25, -0.2) is 13.4 Å². The van der Waals surface area contributed by atoms with Gasteiger partial charge in [0.15, 0.2) is 15.8 Å². The minimum Gasteiger partial charge on any atom is -0.356 e. The van der Waals surface area contributed by atoms with Crippen LogP contribution in [0.15, 0.2) is 4.99 Å². The molecule has 2 N–H and O–H groups in total. The summed E-state index contributed by atoms with van der Waals surface area (Å²) >= 11 is 0. The van der Waals surface area contributed by atoms with Gasteiger partial charge in [-0.2, -0.15) is 0 Å². The Morgan fingerprint density at radius 3 is 2.60 bits per heavy atom. The van der Waals surface area contributed by atoms with E-state index in [0.29, 0.717) is 12.4 Å². The van der Waals surface area contributed by atoms with Gasteiger partial charge in [0.25, 0.3) is 0 Å². The molecule has 0 aliphatic carbocycles. The Kier molecular flexibility index (Phi) is 6.25. The standard InChI is InChI=1S/C12H24N4O3S/c1-4-6-13-12(14-8-11(17)16(2)3)15-10-5-7-20(18,19)9-10/h10H,4-9H2,1-3H3,(H2,13,14,15). The number of sulfone groups is 1. The van der Waals surface area contributed by atoms with Gasteiger partial charge in [-0.05, 0) is 12.8 Å². The second-order valence-electron chi connectivity index (χ2n) is 5.12. The minimum absolute atomic E-state index is 0.0471. The second-order valence-corrected chi connectivity index (χ2v) is 7.35. The first-order chi connectivity index (χ1) is 9.34. The van der Waals surface area contributed by atoms with E-state index in [0.717, 1.165) is 13.0 Å². The molecule has 20 heavy (non-hydrogen) atoms. The zero-order valence-corrected chi connectivity index (χ0v) is 13.2. The molecule has 0 spiro atoms. The number of nitrogens with zero attached hydrogens (tertiary/aromatic N) is 2. The van der Waals surface area contributed by atoms with Crippen molar-refractivity contribution in [1.82, 2.24) is 15.5 Å². The van der Waals surface area contributed by atoms with Crippen molar-refractivity contribution >= 4 is 21.7 Å². The number of carbonyl (C=O) groups is 1. The van der Waals surface area contributed by atoms with E-state index in [4.69, 9.17) is 0 Å². The Morgan fingerprint density at radius 1 is 1.40 bits per heavy atom. The highest BCUT2D eigenvalue weighted by atomic mass is 32.2. The van der Waals surface area contributed by atoms with Gasteiger partial charge < -0.3 is 15.5 Å². The van der Waals surface area contributed by atoms with Gasteiger partial charge in [-0.1, -0.05) is 6.92 Å². The molecule has 1 fully saturated rings. The van der Waals surface area contributed by atoms with Crippen LogP contribution >= 0.6 is 0 Å². The first-order valence-corrected chi connectivity index (χ1v) is 8.61. The molecule has 1 aliphatic heterocycles. The van der Waals surface area contributed by atoms with Crippen LogP contribution in [0.5, 0.6) is 0 Å². The van der Waals surface area contributed by atoms with Crippen LogP contribution in [-0.4, -0.2) is 69.9 Å². The summed E-state index contributed by atoms with van der Waals surface area (Å²) in [5.74, 6) is 0.745. The maximum atomic E-state index is 11.5. The van der Waals surface area contributed by atoms with Crippen molar-refractivity contribution in [2.45, 2.75) is 25.8 Å². The molecule has 0 aromatic carbocycles. The number of aliphatic imine (C=N–C) groups is 1. The van der Waals surface area contributed by atoms with Gasteiger partial charge in [0.1, 0.15) is 6.54 Å². The topological polar surface area (TPSA) is 90.9 Å². The molecule has 0 radical (unpaired) electrons. The summed E-state index contributed by atoms with van der Waals surface area (Å²) < 4.78 is 22.9. The summed E-state index contributed by atoms with van der Waals surface area (Å²) in [6.45, 7) is 2.79.